The van der Waals surface area contributed by atoms with Crippen LogP contribution < -0.4 is 9.47 Å². The summed E-state index contributed by atoms with van der Waals surface area (Å²) >= 11 is 2.17. The quantitative estimate of drug-likeness (QED) is 0.356. The van der Waals surface area contributed by atoms with Crippen molar-refractivity contribution in [1.29, 1.82) is 0 Å². The molecular weight excluding hydrogens is 427 g/mol. The van der Waals surface area contributed by atoms with Gasteiger partial charge in [-0.1, -0.05) is 18.2 Å². The minimum Gasteiger partial charge on any atom is -0.493 e. The zero-order chi connectivity index (χ0) is 17.7. The van der Waals surface area contributed by atoms with Gasteiger partial charge < -0.3 is 14.0 Å². The second-order valence-corrected chi connectivity index (χ2v) is 6.12. The van der Waals surface area contributed by atoms with Crippen molar-refractivity contribution in [2.24, 2.45) is 0 Å². The number of hydrogen-bond acceptors (Lipinski definition) is 6. The van der Waals surface area contributed by atoms with Gasteiger partial charge >= 0.3 is 5.69 Å². The van der Waals surface area contributed by atoms with Crippen LogP contribution in [0.15, 0.2) is 16.7 Å². The Morgan fingerprint density at radius 2 is 2.17 bits per heavy atom. The second kappa shape index (κ2) is 8.13. The van der Waals surface area contributed by atoms with Crippen LogP contribution in [0, 0.1) is 20.6 Å². The summed E-state index contributed by atoms with van der Waals surface area (Å²) in [4.78, 5) is 10.5. The molecule has 0 saturated carbocycles. The number of ether oxygens (including phenoxy) is 2. The standard InChI is InChI=1S/C16H17IN2O5/c1-4-7-23-16-12(17)8-11(9-14(16)22-3)5-6-13-15(19(20)21)10(2)18-24-13/h5-6,8-9H,4,7H2,1-3H3. The molecule has 1 aromatic heterocycles. The number of methoxy groups -OCH3 is 1. The van der Waals surface area contributed by atoms with E-state index in [1.807, 2.05) is 13.0 Å². The van der Waals surface area contributed by atoms with Crippen molar-refractivity contribution < 1.29 is 18.9 Å². The molecule has 8 heteroatoms. The highest BCUT2D eigenvalue weighted by atomic mass is 127. The maximum absolute atomic E-state index is 11.0. The van der Waals surface area contributed by atoms with E-state index < -0.39 is 4.92 Å². The predicted molar refractivity (Wildman–Crippen MR) is 98.3 cm³/mol. The first kappa shape index (κ1) is 18.2. The summed E-state index contributed by atoms with van der Waals surface area (Å²) in [7, 11) is 1.57. The van der Waals surface area contributed by atoms with Gasteiger partial charge in [-0.25, -0.2) is 0 Å². The van der Waals surface area contributed by atoms with E-state index in [0.29, 0.717) is 18.1 Å². The van der Waals surface area contributed by atoms with Crippen LogP contribution >= 0.6 is 22.6 Å². The molecule has 2 aromatic rings. The van der Waals surface area contributed by atoms with Crippen molar-refractivity contribution in [3.8, 4) is 11.5 Å². The Balaban J connectivity index is 2.33. The molecule has 0 amide bonds. The molecule has 0 saturated heterocycles. The van der Waals surface area contributed by atoms with Gasteiger partial charge in [0.15, 0.2) is 17.2 Å². The molecule has 1 heterocycles. The molecule has 0 spiro atoms. The van der Waals surface area contributed by atoms with Crippen molar-refractivity contribution in [3.63, 3.8) is 0 Å². The summed E-state index contributed by atoms with van der Waals surface area (Å²) in [6.45, 7) is 4.17. The number of nitro groups is 1. The van der Waals surface area contributed by atoms with E-state index in [9.17, 15) is 10.1 Å². The summed E-state index contributed by atoms with van der Waals surface area (Å²) in [6.07, 6.45) is 4.13. The summed E-state index contributed by atoms with van der Waals surface area (Å²) in [5.41, 5.74) is 0.925. The molecule has 0 aliphatic heterocycles. The van der Waals surface area contributed by atoms with Gasteiger partial charge in [-0.15, -0.1) is 0 Å². The predicted octanol–water partition coefficient (Wildman–Crippen LogP) is 4.46. The number of nitrogens with zero attached hydrogens (tertiary/aromatic N) is 2. The minimum absolute atomic E-state index is 0.109. The topological polar surface area (TPSA) is 87.6 Å². The number of rotatable bonds is 7. The number of benzene rings is 1. The van der Waals surface area contributed by atoms with Crippen LogP contribution in [0.1, 0.15) is 30.4 Å². The lowest BCUT2D eigenvalue weighted by Crippen LogP contribution is -2.00. The summed E-state index contributed by atoms with van der Waals surface area (Å²) in [6, 6.07) is 3.71. The van der Waals surface area contributed by atoms with Crippen molar-refractivity contribution in [1.82, 2.24) is 5.16 Å². The third kappa shape index (κ3) is 4.05. The van der Waals surface area contributed by atoms with Gasteiger partial charge in [0.25, 0.3) is 0 Å². The Hall–Kier alpha value is -2.10. The van der Waals surface area contributed by atoms with Crippen molar-refractivity contribution in [2.75, 3.05) is 13.7 Å². The summed E-state index contributed by atoms with van der Waals surface area (Å²) in [5.74, 6) is 1.41. The van der Waals surface area contributed by atoms with Gasteiger partial charge in [0.05, 0.1) is 22.2 Å². The number of hydrogen-bond donors (Lipinski definition) is 0. The third-order valence-corrected chi connectivity index (χ3v) is 3.97. The fourth-order valence-electron chi connectivity index (χ4n) is 2.07. The largest absolute Gasteiger partial charge is 0.493 e. The minimum atomic E-state index is -0.502. The molecule has 0 unspecified atom stereocenters. The lowest BCUT2D eigenvalue weighted by atomic mass is 10.1. The maximum Gasteiger partial charge on any atom is 0.338 e. The van der Waals surface area contributed by atoms with E-state index in [0.717, 1.165) is 15.6 Å². The summed E-state index contributed by atoms with van der Waals surface area (Å²) in [5, 5.41) is 14.7. The maximum atomic E-state index is 11.0. The molecule has 0 N–H and O–H groups in total. The highest BCUT2D eigenvalue weighted by Gasteiger charge is 2.22. The Morgan fingerprint density at radius 3 is 2.79 bits per heavy atom. The average molecular weight is 444 g/mol. The Labute approximate surface area is 152 Å². The number of aromatic nitrogens is 1. The van der Waals surface area contributed by atoms with E-state index in [1.54, 1.807) is 19.3 Å². The number of aryl methyl sites for hydroxylation is 1. The van der Waals surface area contributed by atoms with Crippen LogP contribution in [0.25, 0.3) is 12.2 Å². The SMILES string of the molecule is CCCOc1c(I)cc(C=Cc2onc(C)c2[N+](=O)[O-])cc1OC. The molecule has 0 bridgehead atoms. The van der Waals surface area contributed by atoms with Crippen LogP contribution in [0.4, 0.5) is 5.69 Å². The van der Waals surface area contributed by atoms with Gasteiger partial charge in [0.1, 0.15) is 0 Å². The van der Waals surface area contributed by atoms with Crippen LogP contribution in [-0.2, 0) is 0 Å². The lowest BCUT2D eigenvalue weighted by Gasteiger charge is -2.12. The Kier molecular flexibility index (Phi) is 6.18. The fourth-order valence-corrected chi connectivity index (χ4v) is 2.85. The molecule has 0 radical (unpaired) electrons. The molecule has 0 atom stereocenters. The molecule has 7 nitrogen and oxygen atoms in total. The normalized spacial score (nSPS) is 11.0. The highest BCUT2D eigenvalue weighted by molar-refractivity contribution is 14.1. The van der Waals surface area contributed by atoms with Gasteiger partial charge in [-0.3, -0.25) is 10.1 Å². The van der Waals surface area contributed by atoms with Crippen molar-refractivity contribution >= 4 is 40.4 Å². The van der Waals surface area contributed by atoms with Gasteiger partial charge in [0, 0.05) is 0 Å². The molecule has 0 aliphatic rings. The smallest absolute Gasteiger partial charge is 0.338 e. The van der Waals surface area contributed by atoms with E-state index >= 15 is 0 Å². The zero-order valence-electron chi connectivity index (χ0n) is 13.5. The monoisotopic (exact) mass is 444 g/mol. The highest BCUT2D eigenvalue weighted by Crippen LogP contribution is 2.35. The zero-order valence-corrected chi connectivity index (χ0v) is 15.7. The molecule has 128 valence electrons. The molecule has 0 fully saturated rings. The van der Waals surface area contributed by atoms with Crippen LogP contribution in [0.5, 0.6) is 11.5 Å². The first-order valence-electron chi connectivity index (χ1n) is 7.27. The molecule has 0 aliphatic carbocycles. The first-order valence-corrected chi connectivity index (χ1v) is 8.34. The Morgan fingerprint density at radius 1 is 1.42 bits per heavy atom. The van der Waals surface area contributed by atoms with Crippen molar-refractivity contribution in [3.05, 3.63) is 42.8 Å². The number of halogens is 1. The summed E-state index contributed by atoms with van der Waals surface area (Å²) < 4.78 is 17.0. The molecular formula is C16H17IN2O5. The van der Waals surface area contributed by atoms with Crippen LogP contribution in [0.3, 0.4) is 0 Å². The third-order valence-electron chi connectivity index (χ3n) is 3.17. The lowest BCUT2D eigenvalue weighted by molar-refractivity contribution is -0.386. The first-order chi connectivity index (χ1) is 11.5. The second-order valence-electron chi connectivity index (χ2n) is 4.95. The Bertz CT molecular complexity index is 770. The van der Waals surface area contributed by atoms with Crippen LogP contribution in [-0.4, -0.2) is 23.8 Å². The van der Waals surface area contributed by atoms with E-state index in [-0.39, 0.29) is 17.1 Å². The molecule has 24 heavy (non-hydrogen) atoms. The molecule has 2 rings (SSSR count). The van der Waals surface area contributed by atoms with Crippen LogP contribution in [0.2, 0.25) is 0 Å². The van der Waals surface area contributed by atoms with Gasteiger partial charge in [-0.05, 0) is 59.7 Å². The average Bonchev–Trinajstić information content (AvgIpc) is 2.92. The fraction of sp³-hybridized carbons (Fsp3) is 0.312. The van der Waals surface area contributed by atoms with Crippen molar-refractivity contribution in [2.45, 2.75) is 20.3 Å². The molecule has 1 aromatic carbocycles. The van der Waals surface area contributed by atoms with E-state index in [1.165, 1.54) is 13.0 Å². The van der Waals surface area contributed by atoms with E-state index in [2.05, 4.69) is 27.7 Å². The van der Waals surface area contributed by atoms with Gasteiger partial charge in [0.2, 0.25) is 5.76 Å². The van der Waals surface area contributed by atoms with E-state index in [4.69, 9.17) is 14.0 Å². The van der Waals surface area contributed by atoms with Gasteiger partial charge in [-0.2, -0.15) is 0 Å².